The molecule has 25 heavy (non-hydrogen) atoms. The van der Waals surface area contributed by atoms with E-state index in [-0.39, 0.29) is 11.9 Å². The molecule has 0 unspecified atom stereocenters. The maximum Gasteiger partial charge on any atom is 0.309 e. The summed E-state index contributed by atoms with van der Waals surface area (Å²) in [5, 5.41) is 0. The van der Waals surface area contributed by atoms with Gasteiger partial charge in [0.15, 0.2) is 0 Å². The van der Waals surface area contributed by atoms with Crippen molar-refractivity contribution < 1.29 is 14.3 Å². The van der Waals surface area contributed by atoms with Crippen LogP contribution in [0.5, 0.6) is 0 Å². The van der Waals surface area contributed by atoms with Crippen LogP contribution in [-0.2, 0) is 27.3 Å². The summed E-state index contributed by atoms with van der Waals surface area (Å²) < 4.78 is 10.8. The number of nitrogens with zero attached hydrogens (tertiary/aromatic N) is 1. The fourth-order valence-corrected chi connectivity index (χ4v) is 2.97. The Bertz CT molecular complexity index is 663. The Kier molecular flexibility index (Phi) is 6.07. The summed E-state index contributed by atoms with van der Waals surface area (Å²) in [4.78, 5) is 14.5. The molecule has 4 nitrogen and oxygen atoms in total. The Morgan fingerprint density at radius 2 is 1.72 bits per heavy atom. The van der Waals surface area contributed by atoms with Gasteiger partial charge in [0.25, 0.3) is 0 Å². The zero-order valence-electron chi connectivity index (χ0n) is 14.7. The SMILES string of the molecule is C[C@H](Cc1ccc(N2CCOCC2)cc1)C(=O)OCc1ccccc1. The van der Waals surface area contributed by atoms with Crippen LogP contribution in [0.2, 0.25) is 0 Å². The van der Waals surface area contributed by atoms with E-state index in [9.17, 15) is 4.79 Å². The van der Waals surface area contributed by atoms with E-state index in [2.05, 4.69) is 29.2 Å². The van der Waals surface area contributed by atoms with Crippen LogP contribution in [0.3, 0.4) is 0 Å². The number of benzene rings is 2. The van der Waals surface area contributed by atoms with Gasteiger partial charge in [-0.25, -0.2) is 0 Å². The van der Waals surface area contributed by atoms with Crippen molar-refractivity contribution >= 4 is 11.7 Å². The van der Waals surface area contributed by atoms with Gasteiger partial charge in [0.2, 0.25) is 0 Å². The summed E-state index contributed by atoms with van der Waals surface area (Å²) >= 11 is 0. The maximum atomic E-state index is 12.2. The van der Waals surface area contributed by atoms with E-state index in [1.54, 1.807) is 0 Å². The molecule has 1 atom stereocenters. The van der Waals surface area contributed by atoms with E-state index in [1.807, 2.05) is 37.3 Å². The van der Waals surface area contributed by atoms with E-state index in [1.165, 1.54) is 5.69 Å². The lowest BCUT2D eigenvalue weighted by atomic mass is 10.0. The molecule has 3 rings (SSSR count). The monoisotopic (exact) mass is 339 g/mol. The first-order valence-electron chi connectivity index (χ1n) is 8.84. The number of esters is 1. The van der Waals surface area contributed by atoms with Gasteiger partial charge in [-0.15, -0.1) is 0 Å². The molecule has 1 fully saturated rings. The minimum atomic E-state index is -0.155. The lowest BCUT2D eigenvalue weighted by Crippen LogP contribution is -2.36. The minimum Gasteiger partial charge on any atom is -0.461 e. The predicted octanol–water partition coefficient (Wildman–Crippen LogP) is 3.45. The van der Waals surface area contributed by atoms with Crippen LogP contribution in [0.1, 0.15) is 18.1 Å². The molecular formula is C21H25NO3. The molecule has 1 saturated heterocycles. The molecule has 0 radical (unpaired) electrons. The summed E-state index contributed by atoms with van der Waals surface area (Å²) in [6, 6.07) is 18.2. The van der Waals surface area contributed by atoms with E-state index in [0.717, 1.165) is 37.4 Å². The first-order chi connectivity index (χ1) is 12.2. The first kappa shape index (κ1) is 17.5. The minimum absolute atomic E-state index is 0.152. The molecule has 1 aliphatic heterocycles. The van der Waals surface area contributed by atoms with Crippen LogP contribution in [0.25, 0.3) is 0 Å². The molecule has 0 spiro atoms. The van der Waals surface area contributed by atoms with Crippen molar-refractivity contribution in [1.29, 1.82) is 0 Å². The Balaban J connectivity index is 1.49. The van der Waals surface area contributed by atoms with Crippen LogP contribution >= 0.6 is 0 Å². The van der Waals surface area contributed by atoms with E-state index in [0.29, 0.717) is 13.0 Å². The predicted molar refractivity (Wildman–Crippen MR) is 98.6 cm³/mol. The van der Waals surface area contributed by atoms with Crippen molar-refractivity contribution in [3.63, 3.8) is 0 Å². The third kappa shape index (κ3) is 5.07. The van der Waals surface area contributed by atoms with Crippen LogP contribution in [0, 0.1) is 5.92 Å². The average molecular weight is 339 g/mol. The highest BCUT2D eigenvalue weighted by Crippen LogP contribution is 2.19. The summed E-state index contributed by atoms with van der Waals surface area (Å²) in [5.74, 6) is -0.306. The number of rotatable bonds is 6. The van der Waals surface area contributed by atoms with Gasteiger partial charge in [0.1, 0.15) is 6.61 Å². The quantitative estimate of drug-likeness (QED) is 0.756. The van der Waals surface area contributed by atoms with Gasteiger partial charge in [0, 0.05) is 18.8 Å². The molecule has 4 heteroatoms. The van der Waals surface area contributed by atoms with Crippen LogP contribution in [0.4, 0.5) is 5.69 Å². The van der Waals surface area contributed by atoms with Crippen LogP contribution in [-0.4, -0.2) is 32.3 Å². The molecule has 0 aliphatic carbocycles. The van der Waals surface area contributed by atoms with Crippen molar-refractivity contribution in [1.82, 2.24) is 0 Å². The zero-order valence-corrected chi connectivity index (χ0v) is 14.7. The third-order valence-electron chi connectivity index (χ3n) is 4.48. The Morgan fingerprint density at radius 3 is 2.40 bits per heavy atom. The highest BCUT2D eigenvalue weighted by molar-refractivity contribution is 5.72. The molecular weight excluding hydrogens is 314 g/mol. The van der Waals surface area contributed by atoms with Gasteiger partial charge in [0.05, 0.1) is 19.1 Å². The molecule has 1 heterocycles. The van der Waals surface area contributed by atoms with Gasteiger partial charge in [-0.3, -0.25) is 4.79 Å². The second kappa shape index (κ2) is 8.67. The second-order valence-corrected chi connectivity index (χ2v) is 6.46. The first-order valence-corrected chi connectivity index (χ1v) is 8.84. The van der Waals surface area contributed by atoms with Crippen molar-refractivity contribution in [2.24, 2.45) is 5.92 Å². The molecule has 0 amide bonds. The van der Waals surface area contributed by atoms with Crippen LogP contribution in [0.15, 0.2) is 54.6 Å². The van der Waals surface area contributed by atoms with Gasteiger partial charge < -0.3 is 14.4 Å². The summed E-state index contributed by atoms with van der Waals surface area (Å²) in [6.45, 7) is 5.68. The zero-order chi connectivity index (χ0) is 17.5. The van der Waals surface area contributed by atoms with Crippen LogP contribution < -0.4 is 4.90 Å². The Labute approximate surface area is 149 Å². The van der Waals surface area contributed by atoms with Gasteiger partial charge >= 0.3 is 5.97 Å². The van der Waals surface area contributed by atoms with E-state index < -0.39 is 0 Å². The normalized spacial score (nSPS) is 15.6. The number of carbonyl (C=O) groups is 1. The molecule has 132 valence electrons. The average Bonchev–Trinajstić information content (AvgIpc) is 2.68. The molecule has 1 aliphatic rings. The number of hydrogen-bond acceptors (Lipinski definition) is 4. The highest BCUT2D eigenvalue weighted by Gasteiger charge is 2.16. The Morgan fingerprint density at radius 1 is 1.04 bits per heavy atom. The third-order valence-corrected chi connectivity index (χ3v) is 4.48. The fraction of sp³-hybridized carbons (Fsp3) is 0.381. The lowest BCUT2D eigenvalue weighted by molar-refractivity contribution is -0.149. The second-order valence-electron chi connectivity index (χ2n) is 6.46. The fourth-order valence-electron chi connectivity index (χ4n) is 2.97. The van der Waals surface area contributed by atoms with Gasteiger partial charge in [-0.05, 0) is 29.7 Å². The van der Waals surface area contributed by atoms with Crippen molar-refractivity contribution in [3.8, 4) is 0 Å². The Hall–Kier alpha value is -2.33. The number of hydrogen-bond donors (Lipinski definition) is 0. The molecule has 0 saturated carbocycles. The van der Waals surface area contributed by atoms with Crippen molar-refractivity contribution in [2.75, 3.05) is 31.2 Å². The number of anilines is 1. The summed E-state index contributed by atoms with van der Waals surface area (Å²) in [6.07, 6.45) is 0.691. The van der Waals surface area contributed by atoms with Crippen molar-refractivity contribution in [3.05, 3.63) is 65.7 Å². The maximum absolute atomic E-state index is 12.2. The number of carbonyl (C=O) groups excluding carboxylic acids is 1. The molecule has 0 N–H and O–H groups in total. The number of ether oxygens (including phenoxy) is 2. The van der Waals surface area contributed by atoms with E-state index >= 15 is 0 Å². The molecule has 2 aromatic carbocycles. The summed E-state index contributed by atoms with van der Waals surface area (Å²) in [7, 11) is 0. The van der Waals surface area contributed by atoms with Crippen molar-refractivity contribution in [2.45, 2.75) is 20.0 Å². The van der Waals surface area contributed by atoms with E-state index in [4.69, 9.17) is 9.47 Å². The molecule has 0 aromatic heterocycles. The largest absolute Gasteiger partial charge is 0.461 e. The molecule has 0 bridgehead atoms. The lowest BCUT2D eigenvalue weighted by Gasteiger charge is -2.29. The topological polar surface area (TPSA) is 38.8 Å². The highest BCUT2D eigenvalue weighted by atomic mass is 16.5. The smallest absolute Gasteiger partial charge is 0.309 e. The van der Waals surface area contributed by atoms with Gasteiger partial charge in [-0.1, -0.05) is 49.4 Å². The summed E-state index contributed by atoms with van der Waals surface area (Å²) in [5.41, 5.74) is 3.38. The number of morpholine rings is 1. The molecule has 2 aromatic rings. The van der Waals surface area contributed by atoms with Gasteiger partial charge in [-0.2, -0.15) is 0 Å². The standard InChI is InChI=1S/C21H25NO3/c1-17(21(23)25-16-19-5-3-2-4-6-19)15-18-7-9-20(10-8-18)22-11-13-24-14-12-22/h2-10,17H,11-16H2,1H3/t17-/m1/s1.